The minimum atomic E-state index is 0.897. The van der Waals surface area contributed by atoms with Gasteiger partial charge in [-0.05, 0) is 91.0 Å². The van der Waals surface area contributed by atoms with Crippen LogP contribution in [0.1, 0.15) is 0 Å². The molecule has 0 aliphatic carbocycles. The molecule has 0 saturated heterocycles. The molecule has 2 aromatic heterocycles. The Morgan fingerprint density at radius 3 is 1.50 bits per heavy atom. The Labute approximate surface area is 270 Å². The molecule has 0 unspecified atom stereocenters. The average molecular weight is 609 g/mol. The summed E-state index contributed by atoms with van der Waals surface area (Å²) in [5, 5.41) is 4.77. The Hall–Kier alpha value is -5.84. The van der Waals surface area contributed by atoms with E-state index in [1.165, 1.54) is 20.2 Å². The number of hydrogen-bond donors (Lipinski definition) is 0. The standard InChI is InChI=1S/C42H28N2OS/c1-4-12-29(13-5-1)43(30-14-6-2-7-15-30)33-22-25-41-38(27-33)36-23-20-34(28-42(36)46-41)44(31-16-8-3-9-17-31)32-21-24-40-37(26-32)35-18-10-11-19-39(35)45-40/h1-28H. The smallest absolute Gasteiger partial charge is 0.135 e. The Bertz CT molecular complexity index is 2440. The van der Waals surface area contributed by atoms with Crippen LogP contribution in [0.3, 0.4) is 0 Å². The minimum absolute atomic E-state index is 0.897. The summed E-state index contributed by atoms with van der Waals surface area (Å²) in [5.74, 6) is 0. The number of nitrogens with zero attached hydrogens (tertiary/aromatic N) is 2. The number of benzene rings is 7. The van der Waals surface area contributed by atoms with Crippen molar-refractivity contribution in [2.45, 2.75) is 0 Å². The fourth-order valence-electron chi connectivity index (χ4n) is 6.51. The molecule has 0 amide bonds. The lowest BCUT2D eigenvalue weighted by molar-refractivity contribution is 0.669. The molecule has 0 aliphatic heterocycles. The molecule has 0 fully saturated rings. The third kappa shape index (κ3) is 4.50. The molecular formula is C42H28N2OS. The molecule has 9 rings (SSSR count). The van der Waals surface area contributed by atoms with E-state index < -0.39 is 0 Å². The van der Waals surface area contributed by atoms with E-state index in [0.717, 1.165) is 56.1 Å². The third-order valence-electron chi connectivity index (χ3n) is 8.62. The van der Waals surface area contributed by atoms with Gasteiger partial charge in [0.05, 0.1) is 0 Å². The first-order valence-corrected chi connectivity index (χ1v) is 16.2. The Kier molecular flexibility index (Phi) is 6.32. The van der Waals surface area contributed by atoms with E-state index in [0.29, 0.717) is 0 Å². The molecule has 0 N–H and O–H groups in total. The zero-order chi connectivity index (χ0) is 30.5. The van der Waals surface area contributed by atoms with E-state index in [9.17, 15) is 0 Å². The lowest BCUT2D eigenvalue weighted by Gasteiger charge is -2.26. The van der Waals surface area contributed by atoms with Crippen molar-refractivity contribution in [1.29, 1.82) is 0 Å². The summed E-state index contributed by atoms with van der Waals surface area (Å²) in [6.07, 6.45) is 0. The summed E-state index contributed by atoms with van der Waals surface area (Å²) in [6, 6.07) is 60.2. The molecular weight excluding hydrogens is 581 g/mol. The Morgan fingerprint density at radius 1 is 0.326 bits per heavy atom. The van der Waals surface area contributed by atoms with Crippen molar-refractivity contribution in [3.8, 4) is 0 Å². The van der Waals surface area contributed by atoms with Crippen molar-refractivity contribution in [1.82, 2.24) is 0 Å². The lowest BCUT2D eigenvalue weighted by Crippen LogP contribution is -2.09. The van der Waals surface area contributed by atoms with Crippen LogP contribution in [0.2, 0.25) is 0 Å². The summed E-state index contributed by atoms with van der Waals surface area (Å²) >= 11 is 1.84. The Balaban J connectivity index is 1.18. The van der Waals surface area contributed by atoms with Crippen molar-refractivity contribution in [2.75, 3.05) is 9.80 Å². The molecule has 0 radical (unpaired) electrons. The molecule has 9 aromatic rings. The highest BCUT2D eigenvalue weighted by molar-refractivity contribution is 7.25. The SMILES string of the molecule is c1ccc(N(c2ccc3c(c2)sc2ccc(N(c4ccccc4)c4ccccc4)cc23)c2ccc3oc4ccccc4c3c2)cc1. The molecule has 7 aromatic carbocycles. The molecule has 3 nitrogen and oxygen atoms in total. The van der Waals surface area contributed by atoms with E-state index in [-0.39, 0.29) is 0 Å². The van der Waals surface area contributed by atoms with Gasteiger partial charge in [0.2, 0.25) is 0 Å². The summed E-state index contributed by atoms with van der Waals surface area (Å²) in [4.78, 5) is 4.66. The normalized spacial score (nSPS) is 11.5. The molecule has 218 valence electrons. The van der Waals surface area contributed by atoms with Crippen LogP contribution in [-0.2, 0) is 0 Å². The van der Waals surface area contributed by atoms with Gasteiger partial charge < -0.3 is 14.2 Å². The minimum Gasteiger partial charge on any atom is -0.456 e. The van der Waals surface area contributed by atoms with Gasteiger partial charge in [-0.15, -0.1) is 11.3 Å². The largest absolute Gasteiger partial charge is 0.456 e. The van der Waals surface area contributed by atoms with Crippen LogP contribution in [-0.4, -0.2) is 0 Å². The summed E-state index contributed by atoms with van der Waals surface area (Å²) in [7, 11) is 0. The second kappa shape index (κ2) is 11.0. The predicted octanol–water partition coefficient (Wildman–Crippen LogP) is 12.9. The fraction of sp³-hybridized carbons (Fsp3) is 0. The van der Waals surface area contributed by atoms with Crippen molar-refractivity contribution in [2.24, 2.45) is 0 Å². The predicted molar refractivity (Wildman–Crippen MR) is 196 cm³/mol. The van der Waals surface area contributed by atoms with Crippen LogP contribution in [0.15, 0.2) is 174 Å². The lowest BCUT2D eigenvalue weighted by atomic mass is 10.1. The number of thiophene rings is 1. The molecule has 0 aliphatic rings. The van der Waals surface area contributed by atoms with E-state index in [1.54, 1.807) is 0 Å². The number of furan rings is 1. The number of hydrogen-bond acceptors (Lipinski definition) is 4. The van der Waals surface area contributed by atoms with Gasteiger partial charge in [0, 0.05) is 65.1 Å². The topological polar surface area (TPSA) is 19.6 Å². The first kappa shape index (κ1) is 26.6. The Morgan fingerprint density at radius 2 is 0.826 bits per heavy atom. The molecule has 0 saturated carbocycles. The van der Waals surface area contributed by atoms with E-state index in [4.69, 9.17) is 4.42 Å². The van der Waals surface area contributed by atoms with Gasteiger partial charge in [-0.2, -0.15) is 0 Å². The van der Waals surface area contributed by atoms with Gasteiger partial charge in [-0.1, -0.05) is 78.9 Å². The second-order valence-electron chi connectivity index (χ2n) is 11.4. The maximum absolute atomic E-state index is 6.15. The quantitative estimate of drug-likeness (QED) is 0.187. The van der Waals surface area contributed by atoms with Crippen LogP contribution in [0.4, 0.5) is 34.1 Å². The van der Waals surface area contributed by atoms with Crippen LogP contribution in [0.5, 0.6) is 0 Å². The zero-order valence-corrected chi connectivity index (χ0v) is 25.7. The maximum atomic E-state index is 6.15. The van der Waals surface area contributed by atoms with Gasteiger partial charge in [0.15, 0.2) is 0 Å². The van der Waals surface area contributed by atoms with Crippen molar-refractivity contribution in [3.05, 3.63) is 170 Å². The van der Waals surface area contributed by atoms with E-state index >= 15 is 0 Å². The summed E-state index contributed by atoms with van der Waals surface area (Å²) in [6.45, 7) is 0. The van der Waals surface area contributed by atoms with Crippen LogP contribution >= 0.6 is 11.3 Å². The molecule has 0 atom stereocenters. The third-order valence-corrected chi connectivity index (χ3v) is 9.75. The molecule has 46 heavy (non-hydrogen) atoms. The highest BCUT2D eigenvalue weighted by atomic mass is 32.1. The fourth-order valence-corrected chi connectivity index (χ4v) is 7.63. The van der Waals surface area contributed by atoms with Gasteiger partial charge in [-0.25, -0.2) is 0 Å². The first-order chi connectivity index (χ1) is 22.8. The van der Waals surface area contributed by atoms with E-state index in [1.807, 2.05) is 23.5 Å². The van der Waals surface area contributed by atoms with Gasteiger partial charge in [0.25, 0.3) is 0 Å². The number of fused-ring (bicyclic) bond motifs is 6. The first-order valence-electron chi connectivity index (χ1n) is 15.4. The highest BCUT2D eigenvalue weighted by Gasteiger charge is 2.18. The molecule has 2 heterocycles. The van der Waals surface area contributed by atoms with Crippen molar-refractivity contribution < 1.29 is 4.42 Å². The van der Waals surface area contributed by atoms with Gasteiger partial charge >= 0.3 is 0 Å². The summed E-state index contributed by atoms with van der Waals surface area (Å²) < 4.78 is 8.68. The highest BCUT2D eigenvalue weighted by Crippen LogP contribution is 2.44. The van der Waals surface area contributed by atoms with Crippen molar-refractivity contribution in [3.63, 3.8) is 0 Å². The van der Waals surface area contributed by atoms with Gasteiger partial charge in [-0.3, -0.25) is 0 Å². The zero-order valence-electron chi connectivity index (χ0n) is 24.9. The molecule has 0 bridgehead atoms. The monoisotopic (exact) mass is 608 g/mol. The number of anilines is 6. The van der Waals surface area contributed by atoms with Crippen LogP contribution in [0.25, 0.3) is 42.1 Å². The average Bonchev–Trinajstić information content (AvgIpc) is 3.67. The van der Waals surface area contributed by atoms with Crippen LogP contribution < -0.4 is 9.80 Å². The summed E-state index contributed by atoms with van der Waals surface area (Å²) in [5.41, 5.74) is 8.53. The molecule has 4 heteroatoms. The van der Waals surface area contributed by atoms with Gasteiger partial charge in [0.1, 0.15) is 11.2 Å². The number of rotatable bonds is 6. The number of para-hydroxylation sites is 4. The van der Waals surface area contributed by atoms with E-state index in [2.05, 4.69) is 168 Å². The maximum Gasteiger partial charge on any atom is 0.135 e. The van der Waals surface area contributed by atoms with Crippen LogP contribution in [0, 0.1) is 0 Å². The van der Waals surface area contributed by atoms with Crippen molar-refractivity contribution >= 4 is 87.6 Å². The second-order valence-corrected chi connectivity index (χ2v) is 12.5. The molecule has 0 spiro atoms.